The standard InChI is InChI=1S/C41H25NS/c1-2-13-27(14-3-1)42-36-25-24-35-40(38(36)31-23-22-26-12-4-5-15-28(26)39(31)42)43-37-21-11-10-20-34(37)41(35)32-18-8-6-16-29(32)30-17-7-9-19-33(30)41/h1-25H. The molecule has 0 fully saturated rings. The molecule has 1 nitrogen and oxygen atoms in total. The van der Waals surface area contributed by atoms with E-state index in [1.165, 1.54) is 81.4 Å². The summed E-state index contributed by atoms with van der Waals surface area (Å²) in [6.45, 7) is 0. The predicted molar refractivity (Wildman–Crippen MR) is 180 cm³/mol. The van der Waals surface area contributed by atoms with Gasteiger partial charge in [-0.05, 0) is 63.0 Å². The van der Waals surface area contributed by atoms with Crippen LogP contribution in [0.5, 0.6) is 0 Å². The van der Waals surface area contributed by atoms with Crippen molar-refractivity contribution in [2.24, 2.45) is 0 Å². The number of aromatic nitrogens is 1. The van der Waals surface area contributed by atoms with Crippen molar-refractivity contribution in [2.75, 3.05) is 0 Å². The third-order valence-corrected chi connectivity index (χ3v) is 10.8. The molecule has 10 rings (SSSR count). The molecular weight excluding hydrogens is 539 g/mol. The van der Waals surface area contributed by atoms with Crippen LogP contribution in [0, 0.1) is 0 Å². The van der Waals surface area contributed by atoms with E-state index in [-0.39, 0.29) is 5.41 Å². The summed E-state index contributed by atoms with van der Waals surface area (Å²) < 4.78 is 2.48. The maximum Gasteiger partial charge on any atom is 0.0735 e. The first-order valence-electron chi connectivity index (χ1n) is 14.9. The number of nitrogens with zero attached hydrogens (tertiary/aromatic N) is 1. The lowest BCUT2D eigenvalue weighted by Crippen LogP contribution is -2.32. The van der Waals surface area contributed by atoms with Gasteiger partial charge in [-0.1, -0.05) is 139 Å². The molecule has 200 valence electrons. The Hall–Kier alpha value is -5.05. The fraction of sp³-hybridized carbons (Fsp3) is 0.0244. The number of hydrogen-bond acceptors (Lipinski definition) is 1. The molecule has 2 heterocycles. The van der Waals surface area contributed by atoms with Gasteiger partial charge >= 0.3 is 0 Å². The van der Waals surface area contributed by atoms with Crippen LogP contribution in [0.15, 0.2) is 161 Å². The Bertz CT molecular complexity index is 2390. The monoisotopic (exact) mass is 563 g/mol. The molecule has 2 heteroatoms. The molecular formula is C41H25NS. The summed E-state index contributed by atoms with van der Waals surface area (Å²) in [6, 6.07) is 56.3. The Balaban J connectivity index is 1.43. The van der Waals surface area contributed by atoms with Gasteiger partial charge in [-0.3, -0.25) is 0 Å². The molecule has 0 unspecified atom stereocenters. The Morgan fingerprint density at radius 3 is 1.91 bits per heavy atom. The van der Waals surface area contributed by atoms with Gasteiger partial charge in [0.15, 0.2) is 0 Å². The molecule has 8 aromatic rings. The summed E-state index contributed by atoms with van der Waals surface area (Å²) in [7, 11) is 0. The Kier molecular flexibility index (Phi) is 4.65. The molecule has 1 aliphatic carbocycles. The molecule has 0 atom stereocenters. The van der Waals surface area contributed by atoms with E-state index in [1.54, 1.807) is 0 Å². The minimum absolute atomic E-state index is 0.378. The summed E-state index contributed by atoms with van der Waals surface area (Å²) in [5, 5.41) is 5.18. The van der Waals surface area contributed by atoms with Crippen molar-refractivity contribution >= 4 is 44.3 Å². The van der Waals surface area contributed by atoms with Gasteiger partial charge in [-0.2, -0.15) is 0 Å². The quantitative estimate of drug-likeness (QED) is 0.192. The van der Waals surface area contributed by atoms with Crippen LogP contribution in [-0.4, -0.2) is 4.57 Å². The first kappa shape index (κ1) is 23.5. The summed E-state index contributed by atoms with van der Waals surface area (Å²) in [5.74, 6) is 0. The fourth-order valence-corrected chi connectivity index (χ4v) is 9.36. The number of para-hydroxylation sites is 1. The lowest BCUT2D eigenvalue weighted by atomic mass is 9.67. The second-order valence-electron chi connectivity index (χ2n) is 11.6. The lowest BCUT2D eigenvalue weighted by Gasteiger charge is -2.40. The maximum absolute atomic E-state index is 2.48. The number of rotatable bonds is 1. The first-order valence-corrected chi connectivity index (χ1v) is 15.7. The first-order chi connectivity index (χ1) is 21.4. The molecule has 0 radical (unpaired) electrons. The van der Waals surface area contributed by atoms with Gasteiger partial charge in [0.05, 0.1) is 16.4 Å². The third kappa shape index (κ3) is 2.89. The highest BCUT2D eigenvalue weighted by atomic mass is 32.2. The molecule has 43 heavy (non-hydrogen) atoms. The van der Waals surface area contributed by atoms with Gasteiger partial charge in [0.1, 0.15) is 0 Å². The number of fused-ring (bicyclic) bond motifs is 15. The van der Waals surface area contributed by atoms with E-state index < -0.39 is 0 Å². The van der Waals surface area contributed by atoms with Crippen LogP contribution in [0.25, 0.3) is 49.4 Å². The summed E-state index contributed by atoms with van der Waals surface area (Å²) >= 11 is 1.94. The van der Waals surface area contributed by atoms with Crippen molar-refractivity contribution < 1.29 is 0 Å². The zero-order valence-electron chi connectivity index (χ0n) is 23.3. The van der Waals surface area contributed by atoms with Crippen LogP contribution in [0.4, 0.5) is 0 Å². The van der Waals surface area contributed by atoms with E-state index in [1.807, 2.05) is 11.8 Å². The Labute approximate surface area is 254 Å². The van der Waals surface area contributed by atoms with Crippen LogP contribution in [0.1, 0.15) is 22.3 Å². The van der Waals surface area contributed by atoms with Gasteiger partial charge in [0, 0.05) is 31.6 Å². The van der Waals surface area contributed by atoms with Crippen LogP contribution >= 0.6 is 11.8 Å². The van der Waals surface area contributed by atoms with Crippen molar-refractivity contribution in [2.45, 2.75) is 15.2 Å². The topological polar surface area (TPSA) is 4.93 Å². The van der Waals surface area contributed by atoms with E-state index in [9.17, 15) is 0 Å². The second-order valence-corrected chi connectivity index (χ2v) is 12.7. The molecule has 1 aliphatic heterocycles. The fourth-order valence-electron chi connectivity index (χ4n) is 8.02. The highest BCUT2D eigenvalue weighted by molar-refractivity contribution is 7.99. The number of hydrogen-bond donors (Lipinski definition) is 0. The van der Waals surface area contributed by atoms with Crippen LogP contribution < -0.4 is 0 Å². The molecule has 0 saturated heterocycles. The highest BCUT2D eigenvalue weighted by Gasteiger charge is 2.50. The minimum atomic E-state index is -0.378. The minimum Gasteiger partial charge on any atom is -0.309 e. The predicted octanol–water partition coefficient (Wildman–Crippen LogP) is 10.8. The van der Waals surface area contributed by atoms with Gasteiger partial charge in [-0.15, -0.1) is 0 Å². The van der Waals surface area contributed by atoms with Gasteiger partial charge in [0.25, 0.3) is 0 Å². The van der Waals surface area contributed by atoms with Crippen molar-refractivity contribution in [1.29, 1.82) is 0 Å². The molecule has 1 spiro atoms. The van der Waals surface area contributed by atoms with Gasteiger partial charge in [-0.25, -0.2) is 0 Å². The zero-order valence-corrected chi connectivity index (χ0v) is 24.1. The molecule has 0 N–H and O–H groups in total. The zero-order chi connectivity index (χ0) is 28.1. The largest absolute Gasteiger partial charge is 0.309 e. The van der Waals surface area contributed by atoms with Crippen LogP contribution in [-0.2, 0) is 5.41 Å². The van der Waals surface area contributed by atoms with E-state index >= 15 is 0 Å². The normalized spacial score (nSPS) is 14.1. The lowest BCUT2D eigenvalue weighted by molar-refractivity contribution is 0.726. The number of benzene rings is 7. The van der Waals surface area contributed by atoms with Gasteiger partial charge < -0.3 is 4.57 Å². The Morgan fingerprint density at radius 2 is 1.12 bits per heavy atom. The van der Waals surface area contributed by atoms with E-state index in [0.29, 0.717) is 0 Å². The average Bonchev–Trinajstić information content (AvgIpc) is 3.57. The average molecular weight is 564 g/mol. The molecule has 0 bridgehead atoms. The SMILES string of the molecule is c1ccc(-n2c3ccc4c(c3c3ccc5ccccc5c32)Sc2ccccc2C42c3ccccc3-c3ccccc32)cc1. The van der Waals surface area contributed by atoms with Crippen LogP contribution in [0.2, 0.25) is 0 Å². The molecule has 1 aromatic heterocycles. The van der Waals surface area contributed by atoms with E-state index in [2.05, 4.69) is 156 Å². The molecule has 0 amide bonds. The second kappa shape index (κ2) is 8.50. The van der Waals surface area contributed by atoms with Crippen molar-refractivity contribution in [1.82, 2.24) is 4.57 Å². The van der Waals surface area contributed by atoms with Gasteiger partial charge in [0.2, 0.25) is 0 Å². The maximum atomic E-state index is 2.48. The summed E-state index contributed by atoms with van der Waals surface area (Å²) in [4.78, 5) is 2.69. The van der Waals surface area contributed by atoms with Crippen LogP contribution in [0.3, 0.4) is 0 Å². The van der Waals surface area contributed by atoms with Crippen molar-refractivity contribution in [3.05, 3.63) is 174 Å². The highest BCUT2D eigenvalue weighted by Crippen LogP contribution is 2.63. The molecule has 2 aliphatic rings. The summed E-state index contributed by atoms with van der Waals surface area (Å²) in [6.07, 6.45) is 0. The summed E-state index contributed by atoms with van der Waals surface area (Å²) in [5.41, 5.74) is 11.5. The molecule has 0 saturated carbocycles. The Morgan fingerprint density at radius 1 is 0.465 bits per heavy atom. The van der Waals surface area contributed by atoms with Crippen molar-refractivity contribution in [3.8, 4) is 16.8 Å². The van der Waals surface area contributed by atoms with Crippen molar-refractivity contribution in [3.63, 3.8) is 0 Å². The van der Waals surface area contributed by atoms with E-state index in [0.717, 1.165) is 0 Å². The smallest absolute Gasteiger partial charge is 0.0735 e. The molecule has 7 aromatic carbocycles. The van der Waals surface area contributed by atoms with E-state index in [4.69, 9.17) is 0 Å². The third-order valence-electron chi connectivity index (χ3n) is 9.64.